The zero-order valence-corrected chi connectivity index (χ0v) is 16.1. The second kappa shape index (κ2) is 9.51. The third-order valence-electron chi connectivity index (χ3n) is 4.13. The van der Waals surface area contributed by atoms with Gasteiger partial charge in [0.25, 0.3) is 11.5 Å². The Morgan fingerprint density at radius 1 is 1.03 bits per heavy atom. The van der Waals surface area contributed by atoms with Gasteiger partial charge in [0, 0.05) is 17.4 Å². The molecule has 0 radical (unpaired) electrons. The summed E-state index contributed by atoms with van der Waals surface area (Å²) in [6, 6.07) is 14.9. The van der Waals surface area contributed by atoms with Crippen molar-refractivity contribution < 1.29 is 23.6 Å². The molecule has 0 unspecified atom stereocenters. The van der Waals surface area contributed by atoms with Crippen molar-refractivity contribution in [2.24, 2.45) is 0 Å². The zero-order chi connectivity index (χ0) is 21.5. The van der Waals surface area contributed by atoms with Crippen LogP contribution < -0.4 is 15.7 Å². The fraction of sp³-hybridized carbons (Fsp3) is 0.136. The van der Waals surface area contributed by atoms with Gasteiger partial charge in [-0.3, -0.25) is 9.59 Å². The number of carbonyl (C=O) groups is 2. The van der Waals surface area contributed by atoms with Gasteiger partial charge in [0.05, 0.1) is 12.2 Å². The molecular formula is C22H19FN2O5. The van der Waals surface area contributed by atoms with Crippen LogP contribution in [-0.4, -0.2) is 23.2 Å². The Morgan fingerprint density at radius 3 is 2.47 bits per heavy atom. The molecule has 3 rings (SSSR count). The minimum Gasteiger partial charge on any atom is -0.462 e. The van der Waals surface area contributed by atoms with Crippen molar-refractivity contribution in [1.29, 1.82) is 0 Å². The first kappa shape index (κ1) is 20.8. The van der Waals surface area contributed by atoms with Crippen LogP contribution >= 0.6 is 0 Å². The molecule has 7 nitrogen and oxygen atoms in total. The summed E-state index contributed by atoms with van der Waals surface area (Å²) in [5.74, 6) is -1.56. The molecule has 0 aliphatic rings. The number of rotatable bonds is 7. The largest absolute Gasteiger partial charge is 0.462 e. The second-order valence-electron chi connectivity index (χ2n) is 6.17. The molecule has 0 saturated carbocycles. The van der Waals surface area contributed by atoms with Crippen LogP contribution in [0.2, 0.25) is 0 Å². The van der Waals surface area contributed by atoms with E-state index in [1.807, 2.05) is 0 Å². The summed E-state index contributed by atoms with van der Waals surface area (Å²) in [6.07, 6.45) is 1.34. The molecule has 3 aromatic rings. The van der Waals surface area contributed by atoms with E-state index in [-0.39, 0.29) is 24.3 Å². The first-order valence-corrected chi connectivity index (χ1v) is 9.16. The van der Waals surface area contributed by atoms with Gasteiger partial charge in [0.1, 0.15) is 18.0 Å². The molecule has 154 valence electrons. The second-order valence-corrected chi connectivity index (χ2v) is 6.17. The van der Waals surface area contributed by atoms with Gasteiger partial charge in [-0.1, -0.05) is 18.2 Å². The maximum atomic E-state index is 13.7. The van der Waals surface area contributed by atoms with Gasteiger partial charge >= 0.3 is 5.97 Å². The quantitative estimate of drug-likeness (QED) is 0.605. The molecule has 0 atom stereocenters. The molecule has 0 spiro atoms. The molecule has 8 heteroatoms. The number of hydrogen-bond donors (Lipinski definition) is 1. The van der Waals surface area contributed by atoms with Gasteiger partial charge in [-0.25, -0.2) is 9.18 Å². The number of carbonyl (C=O) groups excluding carboxylic acids is 2. The Kier molecular flexibility index (Phi) is 6.59. The lowest BCUT2D eigenvalue weighted by Crippen LogP contribution is -2.32. The minimum atomic E-state index is -0.686. The number of hydrogen-bond acceptors (Lipinski definition) is 5. The molecule has 1 heterocycles. The maximum absolute atomic E-state index is 13.7. The third kappa shape index (κ3) is 4.91. The van der Waals surface area contributed by atoms with Crippen molar-refractivity contribution >= 4 is 17.6 Å². The van der Waals surface area contributed by atoms with Crippen molar-refractivity contribution in [3.05, 3.63) is 99.7 Å². The van der Waals surface area contributed by atoms with Crippen LogP contribution in [0.4, 0.5) is 10.1 Å². The first-order chi connectivity index (χ1) is 14.5. The molecule has 0 aliphatic heterocycles. The Bertz CT molecular complexity index is 1110. The van der Waals surface area contributed by atoms with E-state index in [1.165, 1.54) is 54.7 Å². The third-order valence-corrected chi connectivity index (χ3v) is 4.13. The lowest BCUT2D eigenvalue weighted by atomic mass is 10.2. The Balaban J connectivity index is 1.70. The fourth-order valence-electron chi connectivity index (χ4n) is 2.61. The lowest BCUT2D eigenvalue weighted by molar-refractivity contribution is 0.0526. The molecule has 1 amide bonds. The number of nitrogens with one attached hydrogen (secondary N) is 1. The van der Waals surface area contributed by atoms with Crippen molar-refractivity contribution in [3.63, 3.8) is 0 Å². The van der Waals surface area contributed by atoms with Crippen molar-refractivity contribution in [1.82, 2.24) is 4.73 Å². The summed E-state index contributed by atoms with van der Waals surface area (Å²) in [6.45, 7) is 1.79. The predicted molar refractivity (Wildman–Crippen MR) is 108 cm³/mol. The van der Waals surface area contributed by atoms with E-state index < -0.39 is 23.3 Å². The molecule has 1 aromatic heterocycles. The van der Waals surface area contributed by atoms with Gasteiger partial charge in [-0.15, -0.1) is 0 Å². The van der Waals surface area contributed by atoms with Crippen molar-refractivity contribution in [3.8, 4) is 0 Å². The smallest absolute Gasteiger partial charge is 0.338 e. The van der Waals surface area contributed by atoms with Crippen LogP contribution in [0, 0.1) is 5.82 Å². The summed E-state index contributed by atoms with van der Waals surface area (Å²) in [5, 5.41) is 2.59. The summed E-state index contributed by atoms with van der Waals surface area (Å²) < 4.78 is 19.5. The van der Waals surface area contributed by atoms with E-state index in [0.717, 1.165) is 4.73 Å². The van der Waals surface area contributed by atoms with E-state index in [2.05, 4.69) is 5.32 Å². The fourth-order valence-corrected chi connectivity index (χ4v) is 2.61. The number of pyridine rings is 1. The van der Waals surface area contributed by atoms with Gasteiger partial charge in [-0.2, -0.15) is 4.73 Å². The summed E-state index contributed by atoms with van der Waals surface area (Å²) in [7, 11) is 0. The van der Waals surface area contributed by atoms with Gasteiger partial charge in [0.15, 0.2) is 0 Å². The molecular weight excluding hydrogens is 391 g/mol. The number of ether oxygens (including phenoxy) is 1. The highest BCUT2D eigenvalue weighted by Crippen LogP contribution is 2.12. The van der Waals surface area contributed by atoms with E-state index in [0.29, 0.717) is 11.3 Å². The number of nitrogens with zero attached hydrogens (tertiary/aromatic N) is 1. The average molecular weight is 410 g/mol. The normalized spacial score (nSPS) is 10.3. The van der Waals surface area contributed by atoms with Crippen molar-refractivity contribution in [2.75, 3.05) is 11.9 Å². The van der Waals surface area contributed by atoms with Crippen LogP contribution in [0.1, 0.15) is 33.2 Å². The Hall–Kier alpha value is -3.94. The number of amides is 1. The van der Waals surface area contributed by atoms with Crippen LogP contribution in [0.25, 0.3) is 0 Å². The number of halogens is 1. The topological polar surface area (TPSA) is 86.6 Å². The molecule has 2 aromatic carbocycles. The zero-order valence-electron chi connectivity index (χ0n) is 16.1. The molecule has 1 N–H and O–H groups in total. The van der Waals surface area contributed by atoms with Crippen LogP contribution in [0.15, 0.2) is 71.7 Å². The highest BCUT2D eigenvalue weighted by atomic mass is 19.1. The molecule has 30 heavy (non-hydrogen) atoms. The molecule has 0 fully saturated rings. The standard InChI is InChI=1S/C22H19FN2O5/c1-2-29-22(28)15-9-11-17(12-10-15)24-20(26)18-7-5-13-25(21(18)27)30-14-16-6-3-4-8-19(16)23/h3-13H,2,14H2,1H3,(H,24,26). The summed E-state index contributed by atoms with van der Waals surface area (Å²) in [4.78, 5) is 42.1. The summed E-state index contributed by atoms with van der Waals surface area (Å²) in [5.41, 5.74) is 0.185. The van der Waals surface area contributed by atoms with Crippen LogP contribution in [0.5, 0.6) is 0 Å². The average Bonchev–Trinajstić information content (AvgIpc) is 2.74. The van der Waals surface area contributed by atoms with Gasteiger partial charge < -0.3 is 14.9 Å². The molecule has 0 aliphatic carbocycles. The number of anilines is 1. The lowest BCUT2D eigenvalue weighted by Gasteiger charge is -2.11. The van der Waals surface area contributed by atoms with E-state index in [1.54, 1.807) is 19.1 Å². The minimum absolute atomic E-state index is 0.152. The summed E-state index contributed by atoms with van der Waals surface area (Å²) >= 11 is 0. The Labute approximate surface area is 171 Å². The SMILES string of the molecule is CCOC(=O)c1ccc(NC(=O)c2cccn(OCc3ccccc3F)c2=O)cc1. The van der Waals surface area contributed by atoms with E-state index in [9.17, 15) is 18.8 Å². The van der Waals surface area contributed by atoms with E-state index >= 15 is 0 Å². The van der Waals surface area contributed by atoms with Gasteiger partial charge in [0.2, 0.25) is 0 Å². The molecule has 0 saturated heterocycles. The van der Waals surface area contributed by atoms with E-state index in [4.69, 9.17) is 9.57 Å². The first-order valence-electron chi connectivity index (χ1n) is 9.16. The Morgan fingerprint density at radius 2 is 1.77 bits per heavy atom. The number of esters is 1. The monoisotopic (exact) mass is 410 g/mol. The highest BCUT2D eigenvalue weighted by Gasteiger charge is 2.14. The van der Waals surface area contributed by atoms with Crippen LogP contribution in [0.3, 0.4) is 0 Å². The number of aromatic nitrogens is 1. The van der Waals surface area contributed by atoms with Crippen molar-refractivity contribution in [2.45, 2.75) is 13.5 Å². The highest BCUT2D eigenvalue weighted by molar-refractivity contribution is 6.04. The maximum Gasteiger partial charge on any atom is 0.338 e. The predicted octanol–water partition coefficient (Wildman–Crippen LogP) is 3.05. The van der Waals surface area contributed by atoms with Gasteiger partial charge in [-0.05, 0) is 49.4 Å². The molecule has 0 bridgehead atoms. The van der Waals surface area contributed by atoms with Crippen LogP contribution in [-0.2, 0) is 11.3 Å². The number of benzene rings is 2.